The molecule has 0 saturated heterocycles. The number of nitrogens with zero attached hydrogens (tertiary/aromatic N) is 1. The van der Waals surface area contributed by atoms with E-state index in [4.69, 9.17) is 4.74 Å². The Labute approximate surface area is 124 Å². The highest BCUT2D eigenvalue weighted by atomic mass is 16.6. The Balaban J connectivity index is 1.94. The Morgan fingerprint density at radius 1 is 1.43 bits per heavy atom. The molecule has 110 valence electrons. The number of hydrogen-bond donors (Lipinski definition) is 2. The summed E-state index contributed by atoms with van der Waals surface area (Å²) in [6.07, 6.45) is -0.463. The van der Waals surface area contributed by atoms with E-state index in [2.05, 4.69) is 27.4 Å². The van der Waals surface area contributed by atoms with Gasteiger partial charge in [-0.2, -0.15) is 5.10 Å². The summed E-state index contributed by atoms with van der Waals surface area (Å²) in [6.45, 7) is 7.68. The highest BCUT2D eigenvalue weighted by Crippen LogP contribution is 2.15. The second-order valence-corrected chi connectivity index (χ2v) is 5.74. The van der Waals surface area contributed by atoms with Gasteiger partial charge in [-0.25, -0.2) is 4.79 Å². The molecule has 0 atom stereocenters. The maximum Gasteiger partial charge on any atom is 0.408 e. The van der Waals surface area contributed by atoms with Crippen LogP contribution < -0.4 is 5.32 Å². The normalized spacial score (nSPS) is 10.9. The minimum Gasteiger partial charge on any atom is -0.444 e. The third-order valence-corrected chi connectivity index (χ3v) is 2.70. The van der Waals surface area contributed by atoms with Gasteiger partial charge in [-0.15, -0.1) is 0 Å². The molecule has 21 heavy (non-hydrogen) atoms. The third-order valence-electron chi connectivity index (χ3n) is 2.70. The molecule has 1 amide bonds. The maximum absolute atomic E-state index is 11.4. The van der Waals surface area contributed by atoms with Gasteiger partial charge in [0.1, 0.15) is 5.60 Å². The molecule has 0 fully saturated rings. The van der Waals surface area contributed by atoms with Crippen LogP contribution in [-0.4, -0.2) is 28.4 Å². The van der Waals surface area contributed by atoms with Gasteiger partial charge in [0.15, 0.2) is 0 Å². The molecule has 0 aliphatic heterocycles. The number of carbonyl (C=O) groups is 1. The first-order valence-corrected chi connectivity index (χ1v) is 6.75. The van der Waals surface area contributed by atoms with Crippen LogP contribution in [0, 0.1) is 18.8 Å². The second kappa shape index (κ2) is 5.88. The Morgan fingerprint density at radius 2 is 2.19 bits per heavy atom. The minimum atomic E-state index is -0.500. The van der Waals surface area contributed by atoms with E-state index in [0.29, 0.717) is 0 Å². The summed E-state index contributed by atoms with van der Waals surface area (Å²) in [5.74, 6) is 5.88. The van der Waals surface area contributed by atoms with E-state index in [9.17, 15) is 4.79 Å². The van der Waals surface area contributed by atoms with Gasteiger partial charge in [-0.1, -0.05) is 11.8 Å². The Hall–Kier alpha value is -2.48. The van der Waals surface area contributed by atoms with Gasteiger partial charge in [0.25, 0.3) is 0 Å². The smallest absolute Gasteiger partial charge is 0.408 e. The van der Waals surface area contributed by atoms with E-state index < -0.39 is 11.7 Å². The number of aromatic nitrogens is 2. The zero-order valence-electron chi connectivity index (χ0n) is 12.7. The van der Waals surface area contributed by atoms with Crippen LogP contribution in [0.15, 0.2) is 18.2 Å². The van der Waals surface area contributed by atoms with E-state index in [1.807, 2.05) is 45.9 Å². The first kappa shape index (κ1) is 14.9. The fraction of sp³-hybridized carbons (Fsp3) is 0.375. The highest BCUT2D eigenvalue weighted by Gasteiger charge is 2.14. The van der Waals surface area contributed by atoms with E-state index in [0.717, 1.165) is 22.2 Å². The summed E-state index contributed by atoms with van der Waals surface area (Å²) in [7, 11) is 0. The summed E-state index contributed by atoms with van der Waals surface area (Å²) in [5.41, 5.74) is 2.29. The number of ether oxygens (including phenoxy) is 1. The van der Waals surface area contributed by atoms with Crippen molar-refractivity contribution in [2.45, 2.75) is 33.3 Å². The molecule has 0 saturated carbocycles. The molecule has 0 radical (unpaired) electrons. The number of aryl methyl sites for hydroxylation is 1. The second-order valence-electron chi connectivity index (χ2n) is 5.74. The van der Waals surface area contributed by atoms with Crippen LogP contribution in [0.1, 0.15) is 32.0 Å². The molecule has 1 aromatic heterocycles. The van der Waals surface area contributed by atoms with Crippen LogP contribution in [0.5, 0.6) is 0 Å². The number of alkyl carbamates (subject to hydrolysis) is 1. The molecular weight excluding hydrogens is 266 g/mol. The molecule has 0 unspecified atom stereocenters. The summed E-state index contributed by atoms with van der Waals surface area (Å²) >= 11 is 0. The van der Waals surface area contributed by atoms with E-state index in [1.54, 1.807) is 0 Å². The van der Waals surface area contributed by atoms with Gasteiger partial charge in [0.05, 0.1) is 12.1 Å². The van der Waals surface area contributed by atoms with Gasteiger partial charge in [0, 0.05) is 16.6 Å². The van der Waals surface area contributed by atoms with E-state index in [1.165, 1.54) is 0 Å². The molecular formula is C16H19N3O2. The molecule has 1 heterocycles. The molecule has 2 aromatic rings. The largest absolute Gasteiger partial charge is 0.444 e. The van der Waals surface area contributed by atoms with Crippen LogP contribution in [-0.2, 0) is 4.74 Å². The summed E-state index contributed by atoms with van der Waals surface area (Å²) in [5, 5.41) is 10.8. The molecule has 0 bridgehead atoms. The number of carbonyl (C=O) groups excluding carboxylic acids is 1. The van der Waals surface area contributed by atoms with Crippen LogP contribution >= 0.6 is 0 Å². The van der Waals surface area contributed by atoms with E-state index in [-0.39, 0.29) is 6.54 Å². The lowest BCUT2D eigenvalue weighted by molar-refractivity contribution is 0.0535. The predicted octanol–water partition coefficient (Wildman–Crippen LogP) is 2.75. The molecule has 5 heteroatoms. The topological polar surface area (TPSA) is 67.0 Å². The van der Waals surface area contributed by atoms with Crippen LogP contribution in [0.4, 0.5) is 4.79 Å². The Morgan fingerprint density at radius 3 is 2.90 bits per heavy atom. The fourth-order valence-electron chi connectivity index (χ4n) is 1.80. The first-order valence-electron chi connectivity index (χ1n) is 6.75. The average molecular weight is 285 g/mol. The van der Waals surface area contributed by atoms with Gasteiger partial charge in [-0.3, -0.25) is 5.10 Å². The molecule has 2 N–H and O–H groups in total. The Bertz CT molecular complexity index is 714. The number of hydrogen-bond acceptors (Lipinski definition) is 3. The van der Waals surface area contributed by atoms with Crippen LogP contribution in [0.25, 0.3) is 10.9 Å². The molecule has 5 nitrogen and oxygen atoms in total. The molecule has 0 aliphatic rings. The zero-order valence-corrected chi connectivity index (χ0v) is 12.7. The number of fused-ring (bicyclic) bond motifs is 1. The maximum atomic E-state index is 11.4. The lowest BCUT2D eigenvalue weighted by atomic mass is 10.1. The summed E-state index contributed by atoms with van der Waals surface area (Å²) < 4.78 is 5.12. The van der Waals surface area contributed by atoms with Crippen molar-refractivity contribution in [3.8, 4) is 11.8 Å². The monoisotopic (exact) mass is 285 g/mol. The molecule has 0 spiro atoms. The number of nitrogens with one attached hydrogen (secondary N) is 2. The van der Waals surface area contributed by atoms with Crippen LogP contribution in [0.3, 0.4) is 0 Å². The van der Waals surface area contributed by atoms with Gasteiger partial charge in [0.2, 0.25) is 0 Å². The number of amides is 1. The van der Waals surface area contributed by atoms with E-state index >= 15 is 0 Å². The summed E-state index contributed by atoms with van der Waals surface area (Å²) in [4.78, 5) is 11.4. The van der Waals surface area contributed by atoms with Crippen molar-refractivity contribution in [3.63, 3.8) is 0 Å². The minimum absolute atomic E-state index is 0.243. The van der Waals surface area contributed by atoms with Crippen molar-refractivity contribution in [3.05, 3.63) is 29.5 Å². The quantitative estimate of drug-likeness (QED) is 0.792. The number of H-pyrrole nitrogens is 1. The van der Waals surface area contributed by atoms with Crippen molar-refractivity contribution in [2.75, 3.05) is 6.54 Å². The van der Waals surface area contributed by atoms with Crippen molar-refractivity contribution in [2.24, 2.45) is 0 Å². The van der Waals surface area contributed by atoms with Crippen molar-refractivity contribution >= 4 is 17.0 Å². The SMILES string of the molecule is Cc1[nH]nc2cc(C#CCNC(=O)OC(C)(C)C)ccc12. The fourth-order valence-corrected chi connectivity index (χ4v) is 1.80. The molecule has 1 aromatic carbocycles. The van der Waals surface area contributed by atoms with Crippen molar-refractivity contribution < 1.29 is 9.53 Å². The average Bonchev–Trinajstić information content (AvgIpc) is 2.74. The van der Waals surface area contributed by atoms with Gasteiger partial charge >= 0.3 is 6.09 Å². The zero-order chi connectivity index (χ0) is 15.5. The van der Waals surface area contributed by atoms with Gasteiger partial charge in [-0.05, 0) is 45.9 Å². The lowest BCUT2D eigenvalue weighted by Gasteiger charge is -2.18. The van der Waals surface area contributed by atoms with Gasteiger partial charge < -0.3 is 10.1 Å². The van der Waals surface area contributed by atoms with Crippen LogP contribution in [0.2, 0.25) is 0 Å². The number of benzene rings is 1. The molecule has 0 aliphatic carbocycles. The third kappa shape index (κ3) is 4.25. The summed E-state index contributed by atoms with van der Waals surface area (Å²) in [6, 6.07) is 5.84. The van der Waals surface area contributed by atoms with Crippen molar-refractivity contribution in [1.82, 2.24) is 15.5 Å². The predicted molar refractivity (Wildman–Crippen MR) is 81.9 cm³/mol. The standard InChI is InChI=1S/C16H19N3O2/c1-11-13-8-7-12(10-14(13)19-18-11)6-5-9-17-15(20)21-16(2,3)4/h7-8,10H,9H2,1-4H3,(H,17,20)(H,18,19). The number of aromatic amines is 1. The Kier molecular flexibility index (Phi) is 4.18. The number of rotatable bonds is 1. The lowest BCUT2D eigenvalue weighted by Crippen LogP contribution is -2.32. The molecule has 2 rings (SSSR count). The van der Waals surface area contributed by atoms with Crippen molar-refractivity contribution in [1.29, 1.82) is 0 Å². The first-order chi connectivity index (χ1) is 9.85. The highest BCUT2D eigenvalue weighted by molar-refractivity contribution is 5.82.